The molecule has 1 aromatic heterocycles. The molecule has 0 radical (unpaired) electrons. The van der Waals surface area contributed by atoms with Gasteiger partial charge in [0.1, 0.15) is 5.60 Å². The van der Waals surface area contributed by atoms with Crippen molar-refractivity contribution < 1.29 is 9.26 Å². The van der Waals surface area contributed by atoms with Gasteiger partial charge in [-0.3, -0.25) is 0 Å². The number of thioether (sulfide) groups is 1. The minimum atomic E-state index is -0.344. The van der Waals surface area contributed by atoms with E-state index in [0.717, 1.165) is 37.5 Å². The molecule has 0 saturated carbocycles. The quantitative estimate of drug-likeness (QED) is 0.863. The molecule has 6 heteroatoms. The van der Waals surface area contributed by atoms with Crippen LogP contribution in [0.1, 0.15) is 37.5 Å². The lowest BCUT2D eigenvalue weighted by molar-refractivity contribution is 0.00768. The highest BCUT2D eigenvalue weighted by Gasteiger charge is 2.37. The molecular weight excluding hydrogens is 238 g/mol. The zero-order valence-electron chi connectivity index (χ0n) is 9.94. The molecule has 0 spiro atoms. The summed E-state index contributed by atoms with van der Waals surface area (Å²) in [6.07, 6.45) is 2.04. The number of hydrogen-bond acceptors (Lipinski definition) is 6. The Morgan fingerprint density at radius 1 is 1.53 bits per heavy atom. The van der Waals surface area contributed by atoms with Crippen LogP contribution in [-0.4, -0.2) is 34.8 Å². The number of hydrogen-bond donors (Lipinski definition) is 1. The Morgan fingerprint density at radius 3 is 3.18 bits per heavy atom. The van der Waals surface area contributed by atoms with Gasteiger partial charge in [-0.15, -0.1) is 0 Å². The SMILES string of the molecule is CC1(c2noc(C3CSCCN3)n2)CCCO1. The molecule has 17 heavy (non-hydrogen) atoms. The largest absolute Gasteiger partial charge is 0.367 e. The van der Waals surface area contributed by atoms with Crippen molar-refractivity contribution in [3.8, 4) is 0 Å². The first-order valence-corrected chi connectivity index (χ1v) is 7.23. The molecule has 0 bridgehead atoms. The maximum Gasteiger partial charge on any atom is 0.244 e. The first-order valence-electron chi connectivity index (χ1n) is 6.07. The fourth-order valence-electron chi connectivity index (χ4n) is 2.27. The molecule has 2 saturated heterocycles. The normalized spacial score (nSPS) is 34.1. The van der Waals surface area contributed by atoms with Crippen LogP contribution in [0.2, 0.25) is 0 Å². The molecule has 2 aliphatic rings. The van der Waals surface area contributed by atoms with Crippen LogP contribution in [0, 0.1) is 0 Å². The van der Waals surface area contributed by atoms with Crippen LogP contribution in [-0.2, 0) is 10.3 Å². The smallest absolute Gasteiger partial charge is 0.244 e. The summed E-state index contributed by atoms with van der Waals surface area (Å²) in [6.45, 7) is 3.83. The maximum atomic E-state index is 5.72. The third-order valence-electron chi connectivity index (χ3n) is 3.35. The lowest BCUT2D eigenvalue weighted by Crippen LogP contribution is -2.30. The summed E-state index contributed by atoms with van der Waals surface area (Å²) in [4.78, 5) is 4.51. The van der Waals surface area contributed by atoms with Gasteiger partial charge in [0.25, 0.3) is 0 Å². The zero-order valence-corrected chi connectivity index (χ0v) is 10.8. The van der Waals surface area contributed by atoms with E-state index in [1.807, 2.05) is 18.7 Å². The molecule has 3 heterocycles. The molecule has 2 aliphatic heterocycles. The second-order valence-corrected chi connectivity index (χ2v) is 5.87. The highest BCUT2D eigenvalue weighted by molar-refractivity contribution is 7.99. The van der Waals surface area contributed by atoms with Crippen molar-refractivity contribution in [1.82, 2.24) is 15.5 Å². The molecule has 1 aromatic rings. The second kappa shape index (κ2) is 4.59. The predicted molar refractivity (Wildman–Crippen MR) is 64.9 cm³/mol. The number of nitrogens with zero attached hydrogens (tertiary/aromatic N) is 2. The Labute approximate surface area is 105 Å². The summed E-state index contributed by atoms with van der Waals surface area (Å²) in [6, 6.07) is 0.194. The van der Waals surface area contributed by atoms with Gasteiger partial charge in [0.2, 0.25) is 11.7 Å². The molecule has 0 aromatic carbocycles. The number of rotatable bonds is 2. The van der Waals surface area contributed by atoms with Crippen LogP contribution in [0.3, 0.4) is 0 Å². The van der Waals surface area contributed by atoms with Crippen molar-refractivity contribution in [2.24, 2.45) is 0 Å². The third kappa shape index (κ3) is 2.21. The van der Waals surface area contributed by atoms with E-state index in [1.165, 1.54) is 0 Å². The van der Waals surface area contributed by atoms with Crippen LogP contribution >= 0.6 is 11.8 Å². The molecule has 3 rings (SSSR count). The van der Waals surface area contributed by atoms with Crippen LogP contribution < -0.4 is 5.32 Å². The molecule has 2 fully saturated rings. The first-order chi connectivity index (χ1) is 8.28. The minimum absolute atomic E-state index is 0.194. The Morgan fingerprint density at radius 2 is 2.47 bits per heavy atom. The number of aromatic nitrogens is 2. The molecule has 1 N–H and O–H groups in total. The Kier molecular flexibility index (Phi) is 3.10. The highest BCUT2D eigenvalue weighted by atomic mass is 32.2. The fourth-order valence-corrected chi connectivity index (χ4v) is 3.20. The average Bonchev–Trinajstić information content (AvgIpc) is 2.99. The Hall–Kier alpha value is -0.590. The van der Waals surface area contributed by atoms with Gasteiger partial charge in [-0.25, -0.2) is 0 Å². The number of ether oxygens (including phenoxy) is 1. The van der Waals surface area contributed by atoms with Gasteiger partial charge in [-0.1, -0.05) is 5.16 Å². The standard InChI is InChI=1S/C11H17N3O2S/c1-11(3-2-5-15-11)10-13-9(16-14-10)8-7-17-6-4-12-8/h8,12H,2-7H2,1H3. The van der Waals surface area contributed by atoms with E-state index in [-0.39, 0.29) is 11.6 Å². The van der Waals surface area contributed by atoms with E-state index >= 15 is 0 Å². The molecule has 2 unspecified atom stereocenters. The van der Waals surface area contributed by atoms with Gasteiger partial charge in [0.05, 0.1) is 6.04 Å². The predicted octanol–water partition coefficient (Wildman–Crippen LogP) is 1.47. The van der Waals surface area contributed by atoms with Gasteiger partial charge in [0.15, 0.2) is 0 Å². The van der Waals surface area contributed by atoms with E-state index in [0.29, 0.717) is 11.7 Å². The minimum Gasteiger partial charge on any atom is -0.367 e. The van der Waals surface area contributed by atoms with Crippen LogP contribution in [0.15, 0.2) is 4.52 Å². The van der Waals surface area contributed by atoms with Crippen molar-refractivity contribution in [3.05, 3.63) is 11.7 Å². The van der Waals surface area contributed by atoms with Gasteiger partial charge in [-0.2, -0.15) is 16.7 Å². The summed E-state index contributed by atoms with van der Waals surface area (Å²) < 4.78 is 11.1. The summed E-state index contributed by atoms with van der Waals surface area (Å²) >= 11 is 1.92. The molecular formula is C11H17N3O2S. The molecule has 5 nitrogen and oxygen atoms in total. The van der Waals surface area contributed by atoms with E-state index in [9.17, 15) is 0 Å². The molecule has 94 valence electrons. The van der Waals surface area contributed by atoms with E-state index in [1.54, 1.807) is 0 Å². The van der Waals surface area contributed by atoms with Crippen LogP contribution in [0.25, 0.3) is 0 Å². The van der Waals surface area contributed by atoms with Crippen molar-refractivity contribution in [2.45, 2.75) is 31.4 Å². The maximum absolute atomic E-state index is 5.72. The van der Waals surface area contributed by atoms with Gasteiger partial charge < -0.3 is 14.6 Å². The van der Waals surface area contributed by atoms with E-state index in [4.69, 9.17) is 9.26 Å². The summed E-state index contributed by atoms with van der Waals surface area (Å²) in [5.41, 5.74) is -0.344. The van der Waals surface area contributed by atoms with Gasteiger partial charge in [-0.05, 0) is 19.8 Å². The lowest BCUT2D eigenvalue weighted by atomic mass is 10.0. The monoisotopic (exact) mass is 255 g/mol. The molecule has 2 atom stereocenters. The summed E-state index contributed by atoms with van der Waals surface area (Å²) in [5.74, 6) is 3.55. The van der Waals surface area contributed by atoms with Crippen molar-refractivity contribution in [1.29, 1.82) is 0 Å². The zero-order chi connectivity index (χ0) is 11.7. The van der Waals surface area contributed by atoms with Crippen LogP contribution in [0.4, 0.5) is 0 Å². The van der Waals surface area contributed by atoms with Gasteiger partial charge in [0, 0.05) is 24.7 Å². The molecule has 0 aliphatic carbocycles. The summed E-state index contributed by atoms with van der Waals surface area (Å²) in [7, 11) is 0. The van der Waals surface area contributed by atoms with Crippen molar-refractivity contribution in [3.63, 3.8) is 0 Å². The molecule has 0 amide bonds. The van der Waals surface area contributed by atoms with Crippen LogP contribution in [0.5, 0.6) is 0 Å². The summed E-state index contributed by atoms with van der Waals surface area (Å²) in [5, 5.41) is 7.48. The average molecular weight is 255 g/mol. The topological polar surface area (TPSA) is 60.2 Å². The van der Waals surface area contributed by atoms with E-state index < -0.39 is 0 Å². The lowest BCUT2D eigenvalue weighted by Gasteiger charge is -2.20. The fraction of sp³-hybridized carbons (Fsp3) is 0.818. The van der Waals surface area contributed by atoms with Gasteiger partial charge >= 0.3 is 0 Å². The van der Waals surface area contributed by atoms with Crippen molar-refractivity contribution >= 4 is 11.8 Å². The number of nitrogens with one attached hydrogen (secondary N) is 1. The van der Waals surface area contributed by atoms with E-state index in [2.05, 4.69) is 15.5 Å². The second-order valence-electron chi connectivity index (χ2n) is 4.72. The Bertz CT molecular complexity index is 384. The first kappa shape index (κ1) is 11.5. The Balaban J connectivity index is 1.77. The van der Waals surface area contributed by atoms with Crippen molar-refractivity contribution in [2.75, 3.05) is 24.7 Å². The third-order valence-corrected chi connectivity index (χ3v) is 4.42. The highest BCUT2D eigenvalue weighted by Crippen LogP contribution is 2.34.